The number of thiocarbonyl (C=S) groups is 1. The molecule has 2 rings (SSSR count). The molecule has 0 aliphatic carbocycles. The van der Waals surface area contributed by atoms with E-state index in [-0.39, 0.29) is 0 Å². The van der Waals surface area contributed by atoms with Crippen LogP contribution in [0.4, 0.5) is 5.69 Å². The summed E-state index contributed by atoms with van der Waals surface area (Å²) < 4.78 is 0. The zero-order valence-electron chi connectivity index (χ0n) is 10.3. The molecule has 0 fully saturated rings. The highest BCUT2D eigenvalue weighted by Gasteiger charge is 2.04. The maximum atomic E-state index is 6.09. The average molecular weight is 346 g/mol. The largest absolute Gasteiger partial charge is 0.358 e. The van der Waals surface area contributed by atoms with Crippen molar-refractivity contribution >= 4 is 57.8 Å². The minimum Gasteiger partial charge on any atom is -0.358 e. The van der Waals surface area contributed by atoms with Gasteiger partial charge >= 0.3 is 0 Å². The Morgan fingerprint density at radius 2 is 1.75 bits per heavy atom. The molecule has 0 bridgehead atoms. The molecule has 2 aromatic rings. The van der Waals surface area contributed by atoms with Crippen LogP contribution in [0, 0.1) is 0 Å². The predicted octanol–water partition coefficient (Wildman–Crippen LogP) is 5.13. The van der Waals surface area contributed by atoms with E-state index in [0.29, 0.717) is 26.7 Å². The van der Waals surface area contributed by atoms with Gasteiger partial charge in [0, 0.05) is 16.6 Å². The van der Waals surface area contributed by atoms with E-state index in [4.69, 9.17) is 47.0 Å². The summed E-state index contributed by atoms with van der Waals surface area (Å²) in [5, 5.41) is 8.40. The zero-order chi connectivity index (χ0) is 14.5. The molecule has 20 heavy (non-hydrogen) atoms. The lowest BCUT2D eigenvalue weighted by Gasteiger charge is -2.12. The zero-order valence-corrected chi connectivity index (χ0v) is 13.4. The van der Waals surface area contributed by atoms with Crippen LogP contribution in [0.2, 0.25) is 15.1 Å². The number of para-hydroxylation sites is 1. The molecule has 6 heteroatoms. The summed E-state index contributed by atoms with van der Waals surface area (Å²) >= 11 is 23.2. The fourth-order valence-electron chi connectivity index (χ4n) is 1.57. The first-order valence-electron chi connectivity index (χ1n) is 5.79. The number of rotatable bonds is 3. The third-order valence-electron chi connectivity index (χ3n) is 2.58. The van der Waals surface area contributed by atoms with Gasteiger partial charge in [-0.15, -0.1) is 0 Å². The van der Waals surface area contributed by atoms with Crippen molar-refractivity contribution in [3.63, 3.8) is 0 Å². The summed E-state index contributed by atoms with van der Waals surface area (Å²) in [6.07, 6.45) is 0. The van der Waals surface area contributed by atoms with Crippen molar-refractivity contribution in [2.45, 2.75) is 6.54 Å². The molecule has 0 aromatic heterocycles. The lowest BCUT2D eigenvalue weighted by Crippen LogP contribution is -2.28. The van der Waals surface area contributed by atoms with E-state index in [9.17, 15) is 0 Å². The van der Waals surface area contributed by atoms with E-state index in [0.717, 1.165) is 11.3 Å². The molecule has 0 aliphatic heterocycles. The molecule has 0 amide bonds. The first-order valence-corrected chi connectivity index (χ1v) is 7.34. The summed E-state index contributed by atoms with van der Waals surface area (Å²) in [5.41, 5.74) is 1.67. The van der Waals surface area contributed by atoms with Crippen molar-refractivity contribution in [2.75, 3.05) is 5.32 Å². The molecule has 0 spiro atoms. The van der Waals surface area contributed by atoms with E-state index >= 15 is 0 Å². The van der Waals surface area contributed by atoms with Crippen LogP contribution in [0.3, 0.4) is 0 Å². The SMILES string of the molecule is S=C(NCc1ccc(Cl)cc1Cl)Nc1ccccc1Cl. The van der Waals surface area contributed by atoms with Gasteiger partial charge in [-0.3, -0.25) is 0 Å². The number of nitrogens with one attached hydrogen (secondary N) is 2. The summed E-state index contributed by atoms with van der Waals surface area (Å²) in [6.45, 7) is 0.506. The van der Waals surface area contributed by atoms with Crippen molar-refractivity contribution in [3.05, 3.63) is 63.1 Å². The minimum absolute atomic E-state index is 0.476. The molecule has 0 atom stereocenters. The van der Waals surface area contributed by atoms with Gasteiger partial charge in [0.05, 0.1) is 10.7 Å². The lowest BCUT2D eigenvalue weighted by molar-refractivity contribution is 0.926. The second kappa shape index (κ2) is 7.14. The summed E-state index contributed by atoms with van der Waals surface area (Å²) in [6, 6.07) is 12.7. The predicted molar refractivity (Wildman–Crippen MR) is 91.0 cm³/mol. The molecule has 2 aromatic carbocycles. The smallest absolute Gasteiger partial charge is 0.171 e. The van der Waals surface area contributed by atoms with Crippen molar-refractivity contribution in [1.82, 2.24) is 5.32 Å². The molecule has 0 saturated carbocycles. The Labute approximate surface area is 138 Å². The van der Waals surface area contributed by atoms with Crippen LogP contribution in [0.25, 0.3) is 0 Å². The molecular formula is C14H11Cl3N2S. The minimum atomic E-state index is 0.476. The monoisotopic (exact) mass is 344 g/mol. The number of anilines is 1. The van der Waals surface area contributed by atoms with E-state index in [1.165, 1.54) is 0 Å². The van der Waals surface area contributed by atoms with Gasteiger partial charge in [-0.05, 0) is 42.0 Å². The van der Waals surface area contributed by atoms with Crippen molar-refractivity contribution in [3.8, 4) is 0 Å². The Morgan fingerprint density at radius 1 is 1.00 bits per heavy atom. The van der Waals surface area contributed by atoms with Crippen LogP contribution in [0.1, 0.15) is 5.56 Å². The lowest BCUT2D eigenvalue weighted by atomic mass is 10.2. The third-order valence-corrected chi connectivity index (χ3v) is 3.74. The maximum Gasteiger partial charge on any atom is 0.171 e. The highest BCUT2D eigenvalue weighted by Crippen LogP contribution is 2.22. The van der Waals surface area contributed by atoms with E-state index in [1.807, 2.05) is 24.3 Å². The van der Waals surface area contributed by atoms with Crippen LogP contribution in [0.5, 0.6) is 0 Å². The standard InChI is InChI=1S/C14H11Cl3N2S/c15-10-6-5-9(12(17)7-10)8-18-14(20)19-13-4-2-1-3-11(13)16/h1-7H,8H2,(H2,18,19,20). The van der Waals surface area contributed by atoms with Gasteiger partial charge in [-0.1, -0.05) is 53.0 Å². The molecule has 104 valence electrons. The van der Waals surface area contributed by atoms with Gasteiger partial charge in [0.25, 0.3) is 0 Å². The molecule has 0 unspecified atom stereocenters. The topological polar surface area (TPSA) is 24.1 Å². The van der Waals surface area contributed by atoms with Crippen LogP contribution < -0.4 is 10.6 Å². The van der Waals surface area contributed by atoms with Crippen LogP contribution >= 0.6 is 47.0 Å². The Kier molecular flexibility index (Phi) is 5.49. The normalized spacial score (nSPS) is 10.2. The van der Waals surface area contributed by atoms with Crippen LogP contribution in [-0.2, 0) is 6.54 Å². The molecule has 2 N–H and O–H groups in total. The highest BCUT2D eigenvalue weighted by molar-refractivity contribution is 7.80. The van der Waals surface area contributed by atoms with Gasteiger partial charge in [0.15, 0.2) is 5.11 Å². The van der Waals surface area contributed by atoms with Gasteiger partial charge in [-0.2, -0.15) is 0 Å². The molecule has 0 aliphatic rings. The third kappa shape index (κ3) is 4.25. The highest BCUT2D eigenvalue weighted by atomic mass is 35.5. The van der Waals surface area contributed by atoms with Gasteiger partial charge in [0.1, 0.15) is 0 Å². The molecule has 0 heterocycles. The fourth-order valence-corrected chi connectivity index (χ4v) is 2.41. The molecular weight excluding hydrogens is 335 g/mol. The van der Waals surface area contributed by atoms with Crippen molar-refractivity contribution < 1.29 is 0 Å². The van der Waals surface area contributed by atoms with E-state index < -0.39 is 0 Å². The van der Waals surface area contributed by atoms with Gasteiger partial charge < -0.3 is 10.6 Å². The Hall–Kier alpha value is -1.00. The van der Waals surface area contributed by atoms with Crippen molar-refractivity contribution in [1.29, 1.82) is 0 Å². The first-order chi connectivity index (χ1) is 9.56. The van der Waals surface area contributed by atoms with E-state index in [1.54, 1.807) is 18.2 Å². The summed E-state index contributed by atoms with van der Waals surface area (Å²) in [5.74, 6) is 0. The quantitative estimate of drug-likeness (QED) is 0.754. The maximum absolute atomic E-state index is 6.09. The number of benzene rings is 2. The van der Waals surface area contributed by atoms with Gasteiger partial charge in [-0.25, -0.2) is 0 Å². The average Bonchev–Trinajstić information content (AvgIpc) is 2.40. The number of hydrogen-bond donors (Lipinski definition) is 2. The number of hydrogen-bond acceptors (Lipinski definition) is 1. The van der Waals surface area contributed by atoms with Crippen LogP contribution in [-0.4, -0.2) is 5.11 Å². The molecule has 0 radical (unpaired) electrons. The second-order valence-corrected chi connectivity index (χ2v) is 5.68. The Bertz CT molecular complexity index is 632. The van der Waals surface area contributed by atoms with E-state index in [2.05, 4.69) is 10.6 Å². The van der Waals surface area contributed by atoms with Crippen molar-refractivity contribution in [2.24, 2.45) is 0 Å². The molecule has 0 saturated heterocycles. The second-order valence-electron chi connectivity index (χ2n) is 4.02. The number of halogens is 3. The van der Waals surface area contributed by atoms with Crippen LogP contribution in [0.15, 0.2) is 42.5 Å². The summed E-state index contributed by atoms with van der Waals surface area (Å²) in [7, 11) is 0. The Balaban J connectivity index is 1.94. The first kappa shape index (κ1) is 15.4. The molecule has 2 nitrogen and oxygen atoms in total. The van der Waals surface area contributed by atoms with Gasteiger partial charge in [0.2, 0.25) is 0 Å². The Morgan fingerprint density at radius 3 is 2.45 bits per heavy atom. The fraction of sp³-hybridized carbons (Fsp3) is 0.0714. The summed E-state index contributed by atoms with van der Waals surface area (Å²) in [4.78, 5) is 0.